The number of nitrogens with one attached hydrogen (secondary N) is 3. The van der Waals surface area contributed by atoms with Gasteiger partial charge < -0.3 is 20.9 Å². The summed E-state index contributed by atoms with van der Waals surface area (Å²) in [6.07, 6.45) is 2.49. The van der Waals surface area contributed by atoms with Gasteiger partial charge in [-0.2, -0.15) is 0 Å². The highest BCUT2D eigenvalue weighted by atomic mass is 127. The molecular formula is C22H30FIN6O. The highest BCUT2D eigenvalue weighted by Crippen LogP contribution is 2.20. The zero-order valence-electron chi connectivity index (χ0n) is 17.9. The number of carbonyl (C=O) groups is 1. The molecule has 168 valence electrons. The van der Waals surface area contributed by atoms with Gasteiger partial charge >= 0.3 is 0 Å². The minimum atomic E-state index is -0.296. The molecule has 31 heavy (non-hydrogen) atoms. The zero-order chi connectivity index (χ0) is 21.3. The minimum absolute atomic E-state index is 0. The van der Waals surface area contributed by atoms with E-state index in [4.69, 9.17) is 0 Å². The number of hydrogen-bond acceptors (Lipinski definition) is 4. The summed E-state index contributed by atoms with van der Waals surface area (Å²) in [5.74, 6) is 0.752. The van der Waals surface area contributed by atoms with Crippen LogP contribution in [0.3, 0.4) is 0 Å². The third-order valence-corrected chi connectivity index (χ3v) is 4.89. The van der Waals surface area contributed by atoms with Crippen molar-refractivity contribution in [2.24, 2.45) is 4.99 Å². The molecule has 1 aliphatic rings. The lowest BCUT2D eigenvalue weighted by Crippen LogP contribution is -2.44. The van der Waals surface area contributed by atoms with Crippen LogP contribution in [-0.2, 0) is 6.54 Å². The van der Waals surface area contributed by atoms with E-state index in [0.29, 0.717) is 31.0 Å². The molecule has 2 heterocycles. The van der Waals surface area contributed by atoms with E-state index in [1.807, 2.05) is 43.0 Å². The Labute approximate surface area is 199 Å². The summed E-state index contributed by atoms with van der Waals surface area (Å²) >= 11 is 0. The Bertz CT molecular complexity index is 877. The van der Waals surface area contributed by atoms with Gasteiger partial charge in [-0.15, -0.1) is 24.0 Å². The monoisotopic (exact) mass is 540 g/mol. The molecule has 3 rings (SSSR count). The van der Waals surface area contributed by atoms with Crippen molar-refractivity contribution in [1.82, 2.24) is 20.9 Å². The molecule has 3 N–H and O–H groups in total. The maximum absolute atomic E-state index is 14.0. The Morgan fingerprint density at radius 3 is 2.61 bits per heavy atom. The van der Waals surface area contributed by atoms with Crippen LogP contribution >= 0.6 is 24.0 Å². The largest absolute Gasteiger partial charge is 0.357 e. The normalized spacial score (nSPS) is 15.9. The lowest BCUT2D eigenvalue weighted by molar-refractivity contribution is 0.0956. The molecule has 1 saturated heterocycles. The third-order valence-electron chi connectivity index (χ3n) is 4.89. The lowest BCUT2D eigenvalue weighted by atomic mass is 10.1. The molecule has 1 unspecified atom stereocenters. The Hall–Kier alpha value is -2.43. The van der Waals surface area contributed by atoms with Crippen LogP contribution in [0.1, 0.15) is 36.2 Å². The first-order valence-electron chi connectivity index (χ1n) is 10.4. The number of amides is 1. The van der Waals surface area contributed by atoms with Crippen molar-refractivity contribution < 1.29 is 9.18 Å². The van der Waals surface area contributed by atoms with Gasteiger partial charge in [0.1, 0.15) is 0 Å². The van der Waals surface area contributed by atoms with Gasteiger partial charge in [0.15, 0.2) is 17.6 Å². The molecule has 0 radical (unpaired) electrons. The van der Waals surface area contributed by atoms with Gasteiger partial charge in [-0.05, 0) is 50.1 Å². The van der Waals surface area contributed by atoms with E-state index in [0.717, 1.165) is 31.0 Å². The SMILES string of the molecule is CCNC(=O)c1ccc(CN=C(NCC)NC2CCN(c3ncccc3F)C2)cc1.I. The van der Waals surface area contributed by atoms with Gasteiger partial charge in [0.2, 0.25) is 0 Å². The molecule has 1 aromatic heterocycles. The number of pyridine rings is 1. The molecule has 0 aliphatic carbocycles. The summed E-state index contributed by atoms with van der Waals surface area (Å²) in [7, 11) is 0. The molecule has 1 amide bonds. The molecule has 0 saturated carbocycles. The van der Waals surface area contributed by atoms with Crippen LogP contribution in [0.4, 0.5) is 10.2 Å². The van der Waals surface area contributed by atoms with Crippen LogP contribution in [0.5, 0.6) is 0 Å². The number of guanidine groups is 1. The standard InChI is InChI=1S/C22H29FN6O.HI/c1-3-24-21(30)17-9-7-16(8-10-17)14-27-22(25-4-2)28-18-11-13-29(15-18)20-19(23)6-5-12-26-20;/h5-10,12,18H,3-4,11,13-15H2,1-2H3,(H,24,30)(H2,25,27,28);1H. The number of hydrogen-bond donors (Lipinski definition) is 3. The quantitative estimate of drug-likeness (QED) is 0.286. The first-order chi connectivity index (χ1) is 14.6. The number of aliphatic imine (C=N–C) groups is 1. The number of aromatic nitrogens is 1. The van der Waals surface area contributed by atoms with Crippen LogP contribution in [0.15, 0.2) is 47.6 Å². The highest BCUT2D eigenvalue weighted by molar-refractivity contribution is 14.0. The smallest absolute Gasteiger partial charge is 0.251 e. The fourth-order valence-corrected chi connectivity index (χ4v) is 3.39. The van der Waals surface area contributed by atoms with Gasteiger partial charge in [-0.1, -0.05) is 12.1 Å². The van der Waals surface area contributed by atoms with E-state index in [1.165, 1.54) is 6.07 Å². The van der Waals surface area contributed by atoms with Crippen LogP contribution in [-0.4, -0.2) is 49.1 Å². The van der Waals surface area contributed by atoms with Gasteiger partial charge in [-0.3, -0.25) is 4.79 Å². The molecule has 1 fully saturated rings. The summed E-state index contributed by atoms with van der Waals surface area (Å²) in [5.41, 5.74) is 1.66. The topological polar surface area (TPSA) is 81.6 Å². The van der Waals surface area contributed by atoms with Gasteiger partial charge in [0, 0.05) is 44.0 Å². The van der Waals surface area contributed by atoms with E-state index >= 15 is 0 Å². The van der Waals surface area contributed by atoms with Crippen LogP contribution < -0.4 is 20.9 Å². The summed E-state index contributed by atoms with van der Waals surface area (Å²) in [6, 6.07) is 10.6. The summed E-state index contributed by atoms with van der Waals surface area (Å²) < 4.78 is 14.0. The molecule has 7 nitrogen and oxygen atoms in total. The molecule has 1 atom stereocenters. The second-order valence-electron chi connectivity index (χ2n) is 7.14. The number of anilines is 1. The highest BCUT2D eigenvalue weighted by Gasteiger charge is 2.25. The lowest BCUT2D eigenvalue weighted by Gasteiger charge is -2.20. The first-order valence-corrected chi connectivity index (χ1v) is 10.4. The van der Waals surface area contributed by atoms with Crippen molar-refractivity contribution >= 4 is 41.7 Å². The van der Waals surface area contributed by atoms with Crippen molar-refractivity contribution in [3.8, 4) is 0 Å². The van der Waals surface area contributed by atoms with E-state index in [-0.39, 0.29) is 41.7 Å². The minimum Gasteiger partial charge on any atom is -0.357 e. The Morgan fingerprint density at radius 2 is 1.94 bits per heavy atom. The van der Waals surface area contributed by atoms with Crippen molar-refractivity contribution in [1.29, 1.82) is 0 Å². The van der Waals surface area contributed by atoms with E-state index in [2.05, 4.69) is 25.9 Å². The molecular weight excluding hydrogens is 510 g/mol. The molecule has 2 aromatic rings. The first kappa shape index (κ1) is 24.8. The number of carbonyl (C=O) groups excluding carboxylic acids is 1. The Kier molecular flexibility index (Phi) is 9.96. The number of rotatable bonds is 7. The van der Waals surface area contributed by atoms with Gasteiger partial charge in [0.25, 0.3) is 5.91 Å². The maximum Gasteiger partial charge on any atom is 0.251 e. The molecule has 1 aliphatic heterocycles. The second kappa shape index (κ2) is 12.4. The summed E-state index contributed by atoms with van der Waals surface area (Å²) in [6.45, 7) is 7.17. The molecule has 0 spiro atoms. The number of halogens is 2. The van der Waals surface area contributed by atoms with Crippen LogP contribution in [0.2, 0.25) is 0 Å². The van der Waals surface area contributed by atoms with E-state index < -0.39 is 0 Å². The molecule has 1 aromatic carbocycles. The fraction of sp³-hybridized carbons (Fsp3) is 0.409. The Balaban J connectivity index is 0.00000341. The van der Waals surface area contributed by atoms with E-state index in [9.17, 15) is 9.18 Å². The third kappa shape index (κ3) is 7.05. The predicted molar refractivity (Wildman–Crippen MR) is 133 cm³/mol. The fourth-order valence-electron chi connectivity index (χ4n) is 3.39. The van der Waals surface area contributed by atoms with Crippen LogP contribution in [0, 0.1) is 5.82 Å². The van der Waals surface area contributed by atoms with Crippen molar-refractivity contribution in [3.63, 3.8) is 0 Å². The van der Waals surface area contributed by atoms with Crippen molar-refractivity contribution in [2.45, 2.75) is 32.9 Å². The maximum atomic E-state index is 14.0. The average Bonchev–Trinajstić information content (AvgIpc) is 3.21. The second-order valence-corrected chi connectivity index (χ2v) is 7.14. The number of benzene rings is 1. The molecule has 0 bridgehead atoms. The Morgan fingerprint density at radius 1 is 1.19 bits per heavy atom. The molecule has 9 heteroatoms. The zero-order valence-corrected chi connectivity index (χ0v) is 20.2. The van der Waals surface area contributed by atoms with Gasteiger partial charge in [-0.25, -0.2) is 14.4 Å². The van der Waals surface area contributed by atoms with Crippen LogP contribution in [0.25, 0.3) is 0 Å². The number of nitrogens with zero attached hydrogens (tertiary/aromatic N) is 3. The summed E-state index contributed by atoms with van der Waals surface area (Å²) in [4.78, 5) is 22.6. The average molecular weight is 540 g/mol. The van der Waals surface area contributed by atoms with E-state index in [1.54, 1.807) is 12.3 Å². The van der Waals surface area contributed by atoms with Crippen molar-refractivity contribution in [2.75, 3.05) is 31.1 Å². The predicted octanol–water partition coefficient (Wildman–Crippen LogP) is 2.92. The van der Waals surface area contributed by atoms with Gasteiger partial charge in [0.05, 0.1) is 6.54 Å². The summed E-state index contributed by atoms with van der Waals surface area (Å²) in [5, 5.41) is 9.48. The van der Waals surface area contributed by atoms with Crippen molar-refractivity contribution in [3.05, 3.63) is 59.5 Å².